The van der Waals surface area contributed by atoms with Crippen LogP contribution in [0, 0.1) is 5.82 Å². The average Bonchev–Trinajstić information content (AvgIpc) is 2.73. The van der Waals surface area contributed by atoms with E-state index < -0.39 is 5.82 Å². The maximum atomic E-state index is 13.8. The van der Waals surface area contributed by atoms with Gasteiger partial charge in [-0.1, -0.05) is 31.0 Å². The summed E-state index contributed by atoms with van der Waals surface area (Å²) in [4.78, 5) is 4.29. The van der Waals surface area contributed by atoms with E-state index in [1.54, 1.807) is 12.1 Å². The molecule has 0 bridgehead atoms. The smallest absolute Gasteiger partial charge is 0.308 e. The molecule has 0 amide bonds. The zero-order valence-electron chi connectivity index (χ0n) is 10.9. The van der Waals surface area contributed by atoms with E-state index in [1.807, 2.05) is 13.8 Å². The SMILES string of the molecule is CCCc1nc(-c2c(F)cccc2Cl)oc1OCC. The molecule has 1 aromatic heterocycles. The van der Waals surface area contributed by atoms with Crippen molar-refractivity contribution in [3.05, 3.63) is 34.7 Å². The molecule has 0 saturated heterocycles. The molecule has 19 heavy (non-hydrogen) atoms. The molecular weight excluding hydrogens is 269 g/mol. The van der Waals surface area contributed by atoms with E-state index in [1.165, 1.54) is 6.07 Å². The minimum Gasteiger partial charge on any atom is -0.464 e. The predicted octanol–water partition coefficient (Wildman–Crippen LogP) is 4.49. The summed E-state index contributed by atoms with van der Waals surface area (Å²) in [5.41, 5.74) is 0.867. The Bertz CT molecular complexity index is 525. The van der Waals surface area contributed by atoms with Gasteiger partial charge in [-0.2, -0.15) is 0 Å². The number of aryl methyl sites for hydroxylation is 1. The van der Waals surface area contributed by atoms with Crippen molar-refractivity contribution in [3.63, 3.8) is 0 Å². The van der Waals surface area contributed by atoms with E-state index in [9.17, 15) is 4.39 Å². The Morgan fingerprint density at radius 3 is 2.79 bits per heavy atom. The number of rotatable bonds is 5. The summed E-state index contributed by atoms with van der Waals surface area (Å²) in [5, 5.41) is 0.271. The lowest BCUT2D eigenvalue weighted by atomic mass is 10.2. The summed E-state index contributed by atoms with van der Waals surface area (Å²) < 4.78 is 24.7. The van der Waals surface area contributed by atoms with E-state index in [4.69, 9.17) is 20.8 Å². The summed E-state index contributed by atoms with van der Waals surface area (Å²) in [5.74, 6) is 0.0496. The maximum absolute atomic E-state index is 13.8. The third-order valence-electron chi connectivity index (χ3n) is 2.60. The molecule has 1 heterocycles. The van der Waals surface area contributed by atoms with Crippen molar-refractivity contribution in [3.8, 4) is 17.4 Å². The standard InChI is InChI=1S/C14H15ClFNO2/c1-3-6-11-14(18-4-2)19-13(17-11)12-9(15)7-5-8-10(12)16/h5,7-8H,3-4,6H2,1-2H3. The van der Waals surface area contributed by atoms with Crippen LogP contribution in [0.4, 0.5) is 4.39 Å². The van der Waals surface area contributed by atoms with Gasteiger partial charge in [0.1, 0.15) is 11.5 Å². The first-order valence-corrected chi connectivity index (χ1v) is 6.62. The Kier molecular flexibility index (Phi) is 4.43. The second-order valence-electron chi connectivity index (χ2n) is 4.03. The van der Waals surface area contributed by atoms with Gasteiger partial charge in [0.25, 0.3) is 0 Å². The topological polar surface area (TPSA) is 35.3 Å². The molecule has 2 rings (SSSR count). The maximum Gasteiger partial charge on any atom is 0.308 e. The molecule has 0 saturated carbocycles. The number of ether oxygens (including phenoxy) is 1. The minimum absolute atomic E-state index is 0.162. The first kappa shape index (κ1) is 13.9. The number of oxazole rings is 1. The van der Waals surface area contributed by atoms with Gasteiger partial charge in [0, 0.05) is 0 Å². The molecule has 1 aromatic carbocycles. The van der Waals surface area contributed by atoms with E-state index in [-0.39, 0.29) is 16.5 Å². The molecular formula is C14H15ClFNO2. The molecule has 0 aliphatic carbocycles. The monoisotopic (exact) mass is 283 g/mol. The lowest BCUT2D eigenvalue weighted by Crippen LogP contribution is -1.94. The summed E-state index contributed by atoms with van der Waals surface area (Å²) in [6, 6.07) is 4.47. The zero-order valence-corrected chi connectivity index (χ0v) is 11.6. The van der Waals surface area contributed by atoms with Crippen LogP contribution in [-0.2, 0) is 6.42 Å². The number of halogens is 2. The van der Waals surface area contributed by atoms with Crippen LogP contribution >= 0.6 is 11.6 Å². The molecule has 0 unspecified atom stereocenters. The van der Waals surface area contributed by atoms with Crippen LogP contribution in [-0.4, -0.2) is 11.6 Å². The van der Waals surface area contributed by atoms with Crippen LogP contribution < -0.4 is 4.74 Å². The molecule has 3 nitrogen and oxygen atoms in total. The highest BCUT2D eigenvalue weighted by molar-refractivity contribution is 6.33. The molecule has 102 valence electrons. The quantitative estimate of drug-likeness (QED) is 0.811. The van der Waals surface area contributed by atoms with Gasteiger partial charge >= 0.3 is 5.95 Å². The van der Waals surface area contributed by atoms with Crippen molar-refractivity contribution in [2.45, 2.75) is 26.7 Å². The predicted molar refractivity (Wildman–Crippen MR) is 72.1 cm³/mol. The fraction of sp³-hybridized carbons (Fsp3) is 0.357. The Balaban J connectivity index is 2.48. The fourth-order valence-corrected chi connectivity index (χ4v) is 2.03. The van der Waals surface area contributed by atoms with Crippen molar-refractivity contribution >= 4 is 11.6 Å². The van der Waals surface area contributed by atoms with Crippen LogP contribution in [0.1, 0.15) is 26.0 Å². The molecule has 0 N–H and O–H groups in total. The fourth-order valence-electron chi connectivity index (χ4n) is 1.79. The van der Waals surface area contributed by atoms with Gasteiger partial charge in [-0.25, -0.2) is 9.37 Å². The van der Waals surface area contributed by atoms with Gasteiger partial charge in [-0.05, 0) is 25.5 Å². The van der Waals surface area contributed by atoms with Gasteiger partial charge in [0.05, 0.1) is 17.2 Å². The summed E-state index contributed by atoms with van der Waals surface area (Å²) >= 11 is 6.00. The summed E-state index contributed by atoms with van der Waals surface area (Å²) in [7, 11) is 0. The van der Waals surface area contributed by atoms with Gasteiger partial charge in [0.2, 0.25) is 5.89 Å². The normalized spacial score (nSPS) is 10.7. The van der Waals surface area contributed by atoms with E-state index in [0.717, 1.165) is 6.42 Å². The second-order valence-corrected chi connectivity index (χ2v) is 4.44. The molecule has 0 aliphatic rings. The Hall–Kier alpha value is -1.55. The molecule has 5 heteroatoms. The number of hydrogen-bond donors (Lipinski definition) is 0. The van der Waals surface area contributed by atoms with Crippen LogP contribution in [0.3, 0.4) is 0 Å². The van der Waals surface area contributed by atoms with Gasteiger partial charge in [0.15, 0.2) is 0 Å². The third-order valence-corrected chi connectivity index (χ3v) is 2.92. The highest BCUT2D eigenvalue weighted by Gasteiger charge is 2.19. The number of benzene rings is 1. The zero-order chi connectivity index (χ0) is 13.8. The van der Waals surface area contributed by atoms with Crippen molar-refractivity contribution < 1.29 is 13.5 Å². The van der Waals surface area contributed by atoms with Crippen molar-refractivity contribution in [2.75, 3.05) is 6.61 Å². The number of aromatic nitrogens is 1. The lowest BCUT2D eigenvalue weighted by molar-refractivity contribution is 0.257. The van der Waals surface area contributed by atoms with Crippen molar-refractivity contribution in [2.24, 2.45) is 0 Å². The highest BCUT2D eigenvalue weighted by Crippen LogP contribution is 2.34. The van der Waals surface area contributed by atoms with Gasteiger partial charge in [-0.3, -0.25) is 0 Å². The molecule has 2 aromatic rings. The average molecular weight is 284 g/mol. The van der Waals surface area contributed by atoms with E-state index >= 15 is 0 Å². The summed E-state index contributed by atoms with van der Waals surface area (Å²) in [6.07, 6.45) is 1.61. The van der Waals surface area contributed by atoms with Crippen LogP contribution in [0.2, 0.25) is 5.02 Å². The first-order valence-electron chi connectivity index (χ1n) is 6.24. The number of nitrogens with zero attached hydrogens (tertiary/aromatic N) is 1. The molecule has 0 fully saturated rings. The van der Waals surface area contributed by atoms with Gasteiger partial charge in [-0.15, -0.1) is 0 Å². The molecule has 0 atom stereocenters. The van der Waals surface area contributed by atoms with E-state index in [0.29, 0.717) is 24.7 Å². The second kappa shape index (κ2) is 6.06. The molecule has 0 aliphatic heterocycles. The lowest BCUT2D eigenvalue weighted by Gasteiger charge is -2.00. The summed E-state index contributed by atoms with van der Waals surface area (Å²) in [6.45, 7) is 4.35. The number of hydrogen-bond acceptors (Lipinski definition) is 3. The Morgan fingerprint density at radius 2 is 2.16 bits per heavy atom. The van der Waals surface area contributed by atoms with Crippen LogP contribution in [0.25, 0.3) is 11.5 Å². The Labute approximate surface area is 116 Å². The third kappa shape index (κ3) is 2.89. The van der Waals surface area contributed by atoms with E-state index in [2.05, 4.69) is 4.98 Å². The van der Waals surface area contributed by atoms with Gasteiger partial charge < -0.3 is 9.15 Å². The van der Waals surface area contributed by atoms with Crippen LogP contribution in [0.15, 0.2) is 22.6 Å². The first-order chi connectivity index (χ1) is 9.17. The Morgan fingerprint density at radius 1 is 1.37 bits per heavy atom. The largest absolute Gasteiger partial charge is 0.464 e. The molecule has 0 radical (unpaired) electrons. The van der Waals surface area contributed by atoms with Crippen LogP contribution in [0.5, 0.6) is 5.95 Å². The highest BCUT2D eigenvalue weighted by atomic mass is 35.5. The van der Waals surface area contributed by atoms with Crippen molar-refractivity contribution in [1.29, 1.82) is 0 Å². The molecule has 0 spiro atoms. The van der Waals surface area contributed by atoms with Crippen molar-refractivity contribution in [1.82, 2.24) is 4.98 Å². The minimum atomic E-state index is -0.458.